The van der Waals surface area contributed by atoms with Crippen molar-refractivity contribution in [2.24, 2.45) is 0 Å². The lowest BCUT2D eigenvalue weighted by Gasteiger charge is -1.97. The summed E-state index contributed by atoms with van der Waals surface area (Å²) in [5.41, 5.74) is 0.519. The molecule has 62 valence electrons. The van der Waals surface area contributed by atoms with Gasteiger partial charge in [0, 0.05) is 0 Å². The van der Waals surface area contributed by atoms with E-state index >= 15 is 0 Å². The first kappa shape index (κ1) is 7.30. The van der Waals surface area contributed by atoms with Gasteiger partial charge in [0.15, 0.2) is 0 Å². The van der Waals surface area contributed by atoms with Crippen LogP contribution in [0.25, 0.3) is 5.65 Å². The van der Waals surface area contributed by atoms with Gasteiger partial charge in [0.25, 0.3) is 0 Å². The monoisotopic (exact) mass is 184 g/mol. The molecule has 0 atom stereocenters. The van der Waals surface area contributed by atoms with Gasteiger partial charge < -0.3 is 0 Å². The van der Waals surface area contributed by atoms with Crippen LogP contribution in [0.1, 0.15) is 5.69 Å². The summed E-state index contributed by atoms with van der Waals surface area (Å²) in [6, 6.07) is 0. The number of rotatable bonds is 0. The second-order valence-electron chi connectivity index (χ2n) is 2.40. The Bertz CT molecular complexity index is 486. The minimum atomic E-state index is -0.301. The van der Waals surface area contributed by atoms with E-state index in [4.69, 9.17) is 11.6 Å². The number of aromatic amines is 1. The van der Waals surface area contributed by atoms with Crippen LogP contribution in [-0.2, 0) is 0 Å². The van der Waals surface area contributed by atoms with Gasteiger partial charge in [-0.15, -0.1) is 10.2 Å². The molecular formula is C6H5ClN4O. The molecule has 2 rings (SSSR count). The van der Waals surface area contributed by atoms with Gasteiger partial charge in [0.1, 0.15) is 11.3 Å². The summed E-state index contributed by atoms with van der Waals surface area (Å²) in [4.78, 5) is 11.3. The zero-order valence-corrected chi connectivity index (χ0v) is 6.96. The van der Waals surface area contributed by atoms with Gasteiger partial charge in [-0.2, -0.15) is 0 Å². The van der Waals surface area contributed by atoms with E-state index in [1.165, 1.54) is 10.8 Å². The molecule has 0 spiro atoms. The number of fused-ring (bicyclic) bond motifs is 1. The highest BCUT2D eigenvalue weighted by Gasteiger charge is 2.07. The Labute approximate surface area is 72.0 Å². The van der Waals surface area contributed by atoms with E-state index in [0.717, 1.165) is 0 Å². The van der Waals surface area contributed by atoms with E-state index in [1.54, 1.807) is 6.92 Å². The van der Waals surface area contributed by atoms with Crippen molar-refractivity contribution in [2.45, 2.75) is 6.92 Å². The number of aryl methyl sites for hydroxylation is 1. The van der Waals surface area contributed by atoms with Crippen molar-refractivity contribution >= 4 is 17.2 Å². The third-order valence-corrected chi connectivity index (χ3v) is 2.02. The molecule has 2 heterocycles. The molecule has 2 aromatic heterocycles. The number of hydrogen-bond acceptors (Lipinski definition) is 3. The predicted molar refractivity (Wildman–Crippen MR) is 43.4 cm³/mol. The van der Waals surface area contributed by atoms with Crippen molar-refractivity contribution in [3.63, 3.8) is 0 Å². The van der Waals surface area contributed by atoms with Crippen LogP contribution in [0.3, 0.4) is 0 Å². The largest absolute Gasteiger partial charge is 0.294 e. The molecule has 1 N–H and O–H groups in total. The van der Waals surface area contributed by atoms with Crippen molar-refractivity contribution in [2.75, 3.05) is 0 Å². The van der Waals surface area contributed by atoms with Crippen molar-refractivity contribution in [3.8, 4) is 0 Å². The molecule has 0 radical (unpaired) electrons. The van der Waals surface area contributed by atoms with Crippen molar-refractivity contribution in [1.29, 1.82) is 0 Å². The van der Waals surface area contributed by atoms with E-state index in [-0.39, 0.29) is 16.1 Å². The lowest BCUT2D eigenvalue weighted by molar-refractivity contribution is 0.888. The minimum absolute atomic E-state index is 0.163. The number of H-pyrrole nitrogens is 1. The molecule has 0 amide bonds. The van der Waals surface area contributed by atoms with Crippen LogP contribution in [-0.4, -0.2) is 19.8 Å². The quantitative estimate of drug-likeness (QED) is 0.644. The van der Waals surface area contributed by atoms with Crippen LogP contribution in [0.5, 0.6) is 0 Å². The fourth-order valence-corrected chi connectivity index (χ4v) is 1.10. The van der Waals surface area contributed by atoms with Crippen LogP contribution in [0.4, 0.5) is 0 Å². The first-order chi connectivity index (χ1) is 5.70. The SMILES string of the molecule is Cc1[nH]n2cnnc2c(=O)c1Cl. The van der Waals surface area contributed by atoms with E-state index in [0.29, 0.717) is 5.69 Å². The topological polar surface area (TPSA) is 63.1 Å². The molecule has 0 fully saturated rings. The maximum absolute atomic E-state index is 11.3. The Balaban J connectivity index is 3.05. The second-order valence-corrected chi connectivity index (χ2v) is 2.78. The summed E-state index contributed by atoms with van der Waals surface area (Å²) in [6.45, 7) is 1.71. The Morgan fingerprint density at radius 1 is 1.67 bits per heavy atom. The molecule has 0 aliphatic carbocycles. The Hall–Kier alpha value is -1.36. The fourth-order valence-electron chi connectivity index (χ4n) is 0.970. The maximum Gasteiger partial charge on any atom is 0.245 e. The first-order valence-corrected chi connectivity index (χ1v) is 3.66. The van der Waals surface area contributed by atoms with E-state index in [9.17, 15) is 4.79 Å². The number of halogens is 1. The Morgan fingerprint density at radius 2 is 2.42 bits per heavy atom. The predicted octanol–water partition coefficient (Wildman–Crippen LogP) is 0.379. The minimum Gasteiger partial charge on any atom is -0.294 e. The molecule has 12 heavy (non-hydrogen) atoms. The lowest BCUT2D eigenvalue weighted by Crippen LogP contribution is -2.11. The molecule has 0 aromatic carbocycles. The summed E-state index contributed by atoms with van der Waals surface area (Å²) >= 11 is 5.69. The molecule has 2 aromatic rings. The molecular weight excluding hydrogens is 180 g/mol. The lowest BCUT2D eigenvalue weighted by atomic mass is 10.4. The summed E-state index contributed by atoms with van der Waals surface area (Å²) in [6.07, 6.45) is 1.42. The van der Waals surface area contributed by atoms with E-state index in [2.05, 4.69) is 15.3 Å². The summed E-state index contributed by atoms with van der Waals surface area (Å²) in [5.74, 6) is 0. The molecule has 0 unspecified atom stereocenters. The molecule has 0 aliphatic rings. The number of nitrogens with zero attached hydrogens (tertiary/aromatic N) is 3. The normalized spacial score (nSPS) is 10.8. The van der Waals surface area contributed by atoms with Crippen LogP contribution in [0.2, 0.25) is 5.02 Å². The highest BCUT2D eigenvalue weighted by atomic mass is 35.5. The van der Waals surface area contributed by atoms with E-state index < -0.39 is 0 Å². The number of aromatic nitrogens is 4. The summed E-state index contributed by atoms with van der Waals surface area (Å²) < 4.78 is 1.43. The maximum atomic E-state index is 11.3. The van der Waals surface area contributed by atoms with Gasteiger partial charge in [-0.05, 0) is 6.92 Å². The van der Waals surface area contributed by atoms with Gasteiger partial charge in [-0.1, -0.05) is 11.6 Å². The van der Waals surface area contributed by atoms with Crippen LogP contribution in [0.15, 0.2) is 11.1 Å². The average molecular weight is 185 g/mol. The zero-order chi connectivity index (χ0) is 8.72. The van der Waals surface area contributed by atoms with Gasteiger partial charge in [-0.25, -0.2) is 4.52 Å². The standard InChI is InChI=1S/C6H5ClN4O/c1-3-4(7)5(12)6-9-8-2-11(6)10-3/h2,10H,1H3. The van der Waals surface area contributed by atoms with Crippen molar-refractivity contribution in [1.82, 2.24) is 19.8 Å². The van der Waals surface area contributed by atoms with E-state index in [1.807, 2.05) is 0 Å². The zero-order valence-electron chi connectivity index (χ0n) is 6.21. The third kappa shape index (κ3) is 0.831. The summed E-state index contributed by atoms with van der Waals surface area (Å²) in [5, 5.41) is 10.2. The van der Waals surface area contributed by atoms with Gasteiger partial charge in [0.05, 0.1) is 5.69 Å². The molecule has 0 bridgehead atoms. The second kappa shape index (κ2) is 2.31. The molecule has 0 saturated carbocycles. The first-order valence-electron chi connectivity index (χ1n) is 3.28. The highest BCUT2D eigenvalue weighted by Crippen LogP contribution is 2.06. The smallest absolute Gasteiger partial charge is 0.245 e. The van der Waals surface area contributed by atoms with Gasteiger partial charge in [0.2, 0.25) is 11.1 Å². The molecule has 0 aliphatic heterocycles. The Kier molecular flexibility index (Phi) is 1.41. The third-order valence-electron chi connectivity index (χ3n) is 1.57. The van der Waals surface area contributed by atoms with Gasteiger partial charge in [-0.3, -0.25) is 9.89 Å². The van der Waals surface area contributed by atoms with Gasteiger partial charge >= 0.3 is 0 Å². The fraction of sp³-hybridized carbons (Fsp3) is 0.167. The Morgan fingerprint density at radius 3 is 3.17 bits per heavy atom. The highest BCUT2D eigenvalue weighted by molar-refractivity contribution is 6.31. The van der Waals surface area contributed by atoms with Crippen LogP contribution >= 0.6 is 11.6 Å². The number of nitrogens with one attached hydrogen (secondary N) is 1. The number of hydrogen-bond donors (Lipinski definition) is 1. The van der Waals surface area contributed by atoms with Crippen LogP contribution < -0.4 is 5.43 Å². The molecule has 5 nitrogen and oxygen atoms in total. The molecule has 6 heteroatoms. The van der Waals surface area contributed by atoms with Crippen molar-refractivity contribution < 1.29 is 0 Å². The summed E-state index contributed by atoms with van der Waals surface area (Å²) in [7, 11) is 0. The average Bonchev–Trinajstić information content (AvgIpc) is 2.48. The van der Waals surface area contributed by atoms with Crippen LogP contribution in [0, 0.1) is 6.92 Å². The van der Waals surface area contributed by atoms with Crippen molar-refractivity contribution in [3.05, 3.63) is 27.3 Å². The molecule has 0 saturated heterocycles.